The largest absolute Gasteiger partial charge is 0.500 e. The summed E-state index contributed by atoms with van der Waals surface area (Å²) in [6.07, 6.45) is 10.5. The van der Waals surface area contributed by atoms with E-state index in [1.54, 1.807) is 64.0 Å². The van der Waals surface area contributed by atoms with Crippen LogP contribution in [-0.2, 0) is 39.8 Å². The van der Waals surface area contributed by atoms with Gasteiger partial charge in [0.2, 0.25) is 0 Å². The van der Waals surface area contributed by atoms with Crippen LogP contribution in [0.5, 0.6) is 0 Å². The van der Waals surface area contributed by atoms with Crippen LogP contribution in [0.15, 0.2) is 0 Å². The van der Waals surface area contributed by atoms with Crippen molar-refractivity contribution in [3.8, 4) is 0 Å². The van der Waals surface area contributed by atoms with Gasteiger partial charge >= 0.3 is 26.4 Å². The molecule has 0 aliphatic heterocycles. The van der Waals surface area contributed by atoms with Gasteiger partial charge in [-0.3, -0.25) is 0 Å². The van der Waals surface area contributed by atoms with E-state index in [0.29, 0.717) is 17.8 Å². The predicted octanol–water partition coefficient (Wildman–Crippen LogP) is 4.99. The second-order valence-corrected chi connectivity index (χ2v) is 19.0. The molecule has 0 bridgehead atoms. The Morgan fingerprint density at radius 2 is 0.722 bits per heavy atom. The maximum atomic E-state index is 5.68. The van der Waals surface area contributed by atoms with Crippen LogP contribution in [0.2, 0.25) is 18.1 Å². The summed E-state index contributed by atoms with van der Waals surface area (Å²) in [5.74, 6) is 2.02. The van der Waals surface area contributed by atoms with E-state index in [1.807, 2.05) is 0 Å². The van der Waals surface area contributed by atoms with Crippen molar-refractivity contribution in [3.05, 3.63) is 0 Å². The van der Waals surface area contributed by atoms with Gasteiger partial charge in [-0.25, -0.2) is 0 Å². The number of rotatable bonds is 21. The highest BCUT2D eigenvalue weighted by molar-refractivity contribution is 6.61. The summed E-state index contributed by atoms with van der Waals surface area (Å²) in [6, 6.07) is 2.54. The molecular formula is C24H54O9Si3. The van der Waals surface area contributed by atoms with E-state index < -0.39 is 26.4 Å². The van der Waals surface area contributed by atoms with Crippen LogP contribution in [0.4, 0.5) is 0 Å². The second kappa shape index (κ2) is 17.8. The molecule has 0 N–H and O–H groups in total. The zero-order valence-corrected chi connectivity index (χ0v) is 27.4. The molecule has 0 heterocycles. The van der Waals surface area contributed by atoms with Crippen molar-refractivity contribution >= 4 is 26.4 Å². The maximum Gasteiger partial charge on any atom is 0.500 e. The summed E-state index contributed by atoms with van der Waals surface area (Å²) < 4.78 is 51.0. The molecule has 0 amide bonds. The van der Waals surface area contributed by atoms with Crippen LogP contribution in [-0.4, -0.2) is 90.4 Å². The van der Waals surface area contributed by atoms with Crippen LogP contribution in [0, 0.1) is 17.8 Å². The van der Waals surface area contributed by atoms with Crippen LogP contribution in [0.25, 0.3) is 0 Å². The summed E-state index contributed by atoms with van der Waals surface area (Å²) in [6.45, 7) is 0. The third-order valence-electron chi connectivity index (χ3n) is 8.30. The molecule has 0 aromatic rings. The fourth-order valence-corrected chi connectivity index (χ4v) is 11.3. The third kappa shape index (κ3) is 9.79. The van der Waals surface area contributed by atoms with Gasteiger partial charge in [0, 0.05) is 82.1 Å². The molecule has 0 saturated heterocycles. The minimum atomic E-state index is -2.56. The van der Waals surface area contributed by atoms with Gasteiger partial charge < -0.3 is 39.8 Å². The monoisotopic (exact) mass is 570 g/mol. The molecule has 216 valence electrons. The predicted molar refractivity (Wildman–Crippen MR) is 147 cm³/mol. The molecule has 1 fully saturated rings. The Bertz CT molecular complexity index is 502. The summed E-state index contributed by atoms with van der Waals surface area (Å²) in [5, 5.41) is 0. The van der Waals surface area contributed by atoms with Gasteiger partial charge in [0.25, 0.3) is 0 Å². The lowest BCUT2D eigenvalue weighted by Crippen LogP contribution is -2.43. The van der Waals surface area contributed by atoms with E-state index in [0.717, 1.165) is 43.8 Å². The van der Waals surface area contributed by atoms with Crippen molar-refractivity contribution in [2.45, 2.75) is 75.9 Å². The first-order valence-electron chi connectivity index (χ1n) is 13.3. The fraction of sp³-hybridized carbons (Fsp3) is 1.00. The molecule has 0 radical (unpaired) electrons. The highest BCUT2D eigenvalue weighted by Gasteiger charge is 2.41. The topological polar surface area (TPSA) is 83.1 Å². The zero-order valence-electron chi connectivity index (χ0n) is 24.4. The van der Waals surface area contributed by atoms with Gasteiger partial charge in [0.1, 0.15) is 0 Å². The first-order valence-corrected chi connectivity index (χ1v) is 19.1. The van der Waals surface area contributed by atoms with Gasteiger partial charge in [-0.1, -0.05) is 32.1 Å². The average molecular weight is 571 g/mol. The van der Waals surface area contributed by atoms with Crippen molar-refractivity contribution < 1.29 is 39.8 Å². The van der Waals surface area contributed by atoms with Crippen molar-refractivity contribution in [2.75, 3.05) is 64.0 Å². The molecule has 1 saturated carbocycles. The van der Waals surface area contributed by atoms with Crippen molar-refractivity contribution in [2.24, 2.45) is 17.8 Å². The average Bonchev–Trinajstić information content (AvgIpc) is 2.93. The van der Waals surface area contributed by atoms with Crippen molar-refractivity contribution in [1.82, 2.24) is 0 Å². The number of hydrogen-bond donors (Lipinski definition) is 0. The van der Waals surface area contributed by atoms with E-state index in [-0.39, 0.29) is 0 Å². The molecule has 1 aliphatic rings. The van der Waals surface area contributed by atoms with Gasteiger partial charge in [0.05, 0.1) is 0 Å². The van der Waals surface area contributed by atoms with E-state index in [2.05, 4.69) is 0 Å². The van der Waals surface area contributed by atoms with Crippen LogP contribution in [0.3, 0.4) is 0 Å². The molecule has 2 unspecified atom stereocenters. The maximum absolute atomic E-state index is 5.68. The standard InChI is InChI=1S/C24H54O9Si3/c1-25-34(26-2,27-3)19-11-16-22-14-10-15-23(17-12-20-35(28-4,29-5)30-6)24(22)18-13-21-36(31-7,32-8)33-9/h22-24H,10-21H2,1-9H3. The highest BCUT2D eigenvalue weighted by Crippen LogP contribution is 2.44. The third-order valence-corrected chi connectivity index (χ3v) is 16.8. The SMILES string of the molecule is CO[Si](CCCC1CCCC(CCC[Si](OC)(OC)OC)C1CCC[Si](OC)(OC)OC)(OC)OC. The Balaban J connectivity index is 2.88. The van der Waals surface area contributed by atoms with Gasteiger partial charge in [-0.15, -0.1) is 0 Å². The summed E-state index contributed by atoms with van der Waals surface area (Å²) >= 11 is 0. The highest BCUT2D eigenvalue weighted by atomic mass is 28.4. The Morgan fingerprint density at radius 1 is 0.444 bits per heavy atom. The Hall–Kier alpha value is 0.291. The summed E-state index contributed by atoms with van der Waals surface area (Å²) in [7, 11) is 7.60. The normalized spacial score (nSPS) is 21.8. The van der Waals surface area contributed by atoms with E-state index in [9.17, 15) is 0 Å². The first-order chi connectivity index (χ1) is 17.3. The van der Waals surface area contributed by atoms with Crippen LogP contribution < -0.4 is 0 Å². The van der Waals surface area contributed by atoms with Crippen LogP contribution >= 0.6 is 0 Å². The molecule has 0 aromatic heterocycles. The summed E-state index contributed by atoms with van der Waals surface area (Å²) in [4.78, 5) is 0. The van der Waals surface area contributed by atoms with E-state index in [4.69, 9.17) is 39.8 Å². The van der Waals surface area contributed by atoms with Gasteiger partial charge in [-0.05, 0) is 43.4 Å². The minimum absolute atomic E-state index is 0.656. The number of hydrogen-bond acceptors (Lipinski definition) is 9. The zero-order chi connectivity index (χ0) is 27.1. The molecule has 1 rings (SSSR count). The van der Waals surface area contributed by atoms with Crippen molar-refractivity contribution in [1.29, 1.82) is 0 Å². The van der Waals surface area contributed by atoms with E-state index >= 15 is 0 Å². The smallest absolute Gasteiger partial charge is 0.377 e. The second-order valence-electron chi connectivity index (χ2n) is 9.68. The first kappa shape index (κ1) is 34.3. The Morgan fingerprint density at radius 3 is 1.00 bits per heavy atom. The molecule has 0 spiro atoms. The van der Waals surface area contributed by atoms with Gasteiger partial charge in [-0.2, -0.15) is 0 Å². The van der Waals surface area contributed by atoms with Crippen molar-refractivity contribution in [3.63, 3.8) is 0 Å². The Labute approximate surface area is 223 Å². The Kier molecular flexibility index (Phi) is 17.0. The molecule has 9 nitrogen and oxygen atoms in total. The molecule has 0 aromatic carbocycles. The lowest BCUT2D eigenvalue weighted by atomic mass is 9.67. The van der Waals surface area contributed by atoms with Gasteiger partial charge in [0.15, 0.2) is 0 Å². The van der Waals surface area contributed by atoms with E-state index in [1.165, 1.54) is 32.1 Å². The lowest BCUT2D eigenvalue weighted by Gasteiger charge is -2.40. The lowest BCUT2D eigenvalue weighted by molar-refractivity contribution is 0.101. The molecular weight excluding hydrogens is 517 g/mol. The van der Waals surface area contributed by atoms with Crippen LogP contribution in [0.1, 0.15) is 57.8 Å². The summed E-state index contributed by atoms with van der Waals surface area (Å²) in [5.41, 5.74) is 0. The fourth-order valence-electron chi connectivity index (χ4n) is 6.03. The molecule has 2 atom stereocenters. The minimum Gasteiger partial charge on any atom is -0.377 e. The quantitative estimate of drug-likeness (QED) is 0.177. The molecule has 36 heavy (non-hydrogen) atoms. The molecule has 12 heteroatoms. The molecule has 1 aliphatic carbocycles.